The summed E-state index contributed by atoms with van der Waals surface area (Å²) in [5.41, 5.74) is 0. The van der Waals surface area contributed by atoms with Crippen molar-refractivity contribution in [3.05, 3.63) is 24.3 Å². The molecule has 1 atom stereocenters. The highest BCUT2D eigenvalue weighted by atomic mass is 35.5. The molecule has 2 rings (SSSR count). The minimum absolute atomic E-state index is 0. The molecule has 1 aromatic rings. The lowest BCUT2D eigenvalue weighted by atomic mass is 10.1. The fourth-order valence-corrected chi connectivity index (χ4v) is 3.35. The van der Waals surface area contributed by atoms with E-state index >= 15 is 0 Å². The van der Waals surface area contributed by atoms with Crippen LogP contribution in [0.1, 0.15) is 13.3 Å². The van der Waals surface area contributed by atoms with Gasteiger partial charge < -0.3 is 15.0 Å². The first kappa shape index (κ1) is 19.1. The van der Waals surface area contributed by atoms with E-state index in [0.717, 1.165) is 36.7 Å². The molecule has 1 aromatic carbocycles. The van der Waals surface area contributed by atoms with E-state index in [1.807, 2.05) is 43.1 Å². The van der Waals surface area contributed by atoms with Crippen molar-refractivity contribution in [2.24, 2.45) is 5.92 Å². The summed E-state index contributed by atoms with van der Waals surface area (Å²) in [5, 5.41) is 3.19. The van der Waals surface area contributed by atoms with E-state index in [2.05, 4.69) is 5.32 Å². The summed E-state index contributed by atoms with van der Waals surface area (Å²) in [7, 11) is 1.96. The number of ether oxygens (including phenoxy) is 1. The van der Waals surface area contributed by atoms with Crippen LogP contribution in [0.25, 0.3) is 0 Å². The standard InChI is InChI=1S/C16H24N2O2S.ClH/c1-3-20-14-4-6-15(7-5-14)21-12-16(19)18-9-8-13(11-18)10-17-2;/h4-7,13,17H,3,8-12H2,1-2H3;1H. The van der Waals surface area contributed by atoms with Gasteiger partial charge in [-0.1, -0.05) is 0 Å². The highest BCUT2D eigenvalue weighted by molar-refractivity contribution is 8.00. The number of carbonyl (C=O) groups is 1. The summed E-state index contributed by atoms with van der Waals surface area (Å²) in [6.45, 7) is 5.43. The first-order valence-electron chi connectivity index (χ1n) is 7.51. The van der Waals surface area contributed by atoms with Gasteiger partial charge in [0, 0.05) is 18.0 Å². The molecule has 0 spiro atoms. The Hall–Kier alpha value is -0.910. The number of halogens is 1. The lowest BCUT2D eigenvalue weighted by Gasteiger charge is -2.16. The summed E-state index contributed by atoms with van der Waals surface area (Å²) < 4.78 is 5.41. The van der Waals surface area contributed by atoms with E-state index in [-0.39, 0.29) is 18.3 Å². The molecule has 0 bridgehead atoms. The van der Waals surface area contributed by atoms with Gasteiger partial charge in [-0.2, -0.15) is 0 Å². The van der Waals surface area contributed by atoms with Crippen molar-refractivity contribution in [3.63, 3.8) is 0 Å². The molecule has 1 aliphatic heterocycles. The van der Waals surface area contributed by atoms with Gasteiger partial charge in [0.15, 0.2) is 0 Å². The fraction of sp³-hybridized carbons (Fsp3) is 0.562. The Bertz CT molecular complexity index is 456. The number of carbonyl (C=O) groups excluding carboxylic acids is 1. The Morgan fingerprint density at radius 1 is 1.41 bits per heavy atom. The zero-order chi connectivity index (χ0) is 15.1. The fourth-order valence-electron chi connectivity index (χ4n) is 2.55. The van der Waals surface area contributed by atoms with Crippen molar-refractivity contribution >= 4 is 30.1 Å². The number of likely N-dealkylation sites (tertiary alicyclic amines) is 1. The van der Waals surface area contributed by atoms with Crippen LogP contribution in [0.3, 0.4) is 0 Å². The highest BCUT2D eigenvalue weighted by Crippen LogP contribution is 2.23. The predicted molar refractivity (Wildman–Crippen MR) is 94.2 cm³/mol. The maximum Gasteiger partial charge on any atom is 0.232 e. The van der Waals surface area contributed by atoms with Crippen LogP contribution in [0, 0.1) is 5.92 Å². The quantitative estimate of drug-likeness (QED) is 0.772. The molecule has 1 unspecified atom stereocenters. The molecule has 22 heavy (non-hydrogen) atoms. The SMILES string of the molecule is CCOc1ccc(SCC(=O)N2CCC(CNC)C2)cc1.Cl. The van der Waals surface area contributed by atoms with E-state index in [4.69, 9.17) is 4.74 Å². The molecule has 0 radical (unpaired) electrons. The van der Waals surface area contributed by atoms with E-state index in [9.17, 15) is 4.79 Å². The molecule has 1 aliphatic rings. The number of nitrogens with zero attached hydrogens (tertiary/aromatic N) is 1. The van der Waals surface area contributed by atoms with E-state index in [1.165, 1.54) is 0 Å². The maximum absolute atomic E-state index is 12.2. The maximum atomic E-state index is 12.2. The zero-order valence-electron chi connectivity index (χ0n) is 13.2. The van der Waals surface area contributed by atoms with Gasteiger partial charge in [0.1, 0.15) is 5.75 Å². The van der Waals surface area contributed by atoms with E-state index in [0.29, 0.717) is 18.3 Å². The van der Waals surface area contributed by atoms with Crippen LogP contribution in [0.5, 0.6) is 5.75 Å². The zero-order valence-corrected chi connectivity index (χ0v) is 14.8. The molecule has 0 aromatic heterocycles. The van der Waals surface area contributed by atoms with Crippen LogP contribution in [-0.2, 0) is 4.79 Å². The number of thioether (sulfide) groups is 1. The van der Waals surface area contributed by atoms with Gasteiger partial charge in [-0.05, 0) is 57.1 Å². The van der Waals surface area contributed by atoms with Gasteiger partial charge in [-0.15, -0.1) is 24.2 Å². The Kier molecular flexibility index (Phi) is 8.68. The number of rotatable bonds is 7. The Morgan fingerprint density at radius 3 is 2.77 bits per heavy atom. The average Bonchev–Trinajstić information content (AvgIpc) is 2.96. The molecular weight excluding hydrogens is 320 g/mol. The summed E-state index contributed by atoms with van der Waals surface area (Å²) >= 11 is 1.59. The smallest absolute Gasteiger partial charge is 0.232 e. The summed E-state index contributed by atoms with van der Waals surface area (Å²) in [6, 6.07) is 7.93. The summed E-state index contributed by atoms with van der Waals surface area (Å²) in [5.74, 6) is 2.24. The minimum atomic E-state index is 0. The van der Waals surface area contributed by atoms with Gasteiger partial charge >= 0.3 is 0 Å². The Labute approximate surface area is 143 Å². The summed E-state index contributed by atoms with van der Waals surface area (Å²) in [4.78, 5) is 15.3. The minimum Gasteiger partial charge on any atom is -0.494 e. The van der Waals surface area contributed by atoms with Crippen LogP contribution < -0.4 is 10.1 Å². The van der Waals surface area contributed by atoms with Crippen molar-refractivity contribution < 1.29 is 9.53 Å². The third-order valence-corrected chi connectivity index (χ3v) is 4.63. The Morgan fingerprint density at radius 2 is 2.14 bits per heavy atom. The molecule has 1 heterocycles. The van der Waals surface area contributed by atoms with Crippen molar-refractivity contribution in [2.75, 3.05) is 39.0 Å². The monoisotopic (exact) mass is 344 g/mol. The lowest BCUT2D eigenvalue weighted by Crippen LogP contribution is -2.31. The van der Waals surface area contributed by atoms with Crippen molar-refractivity contribution in [3.8, 4) is 5.75 Å². The second-order valence-electron chi connectivity index (χ2n) is 5.25. The third kappa shape index (κ3) is 5.71. The van der Waals surface area contributed by atoms with Crippen LogP contribution in [0.4, 0.5) is 0 Å². The van der Waals surface area contributed by atoms with Crippen LogP contribution in [-0.4, -0.2) is 49.8 Å². The molecule has 124 valence electrons. The van der Waals surface area contributed by atoms with Crippen LogP contribution in [0.2, 0.25) is 0 Å². The Balaban J connectivity index is 0.00000242. The molecule has 1 amide bonds. The summed E-state index contributed by atoms with van der Waals surface area (Å²) in [6.07, 6.45) is 1.11. The van der Waals surface area contributed by atoms with Gasteiger partial charge in [0.05, 0.1) is 12.4 Å². The molecule has 0 aliphatic carbocycles. The van der Waals surface area contributed by atoms with Gasteiger partial charge in [-0.25, -0.2) is 0 Å². The highest BCUT2D eigenvalue weighted by Gasteiger charge is 2.25. The molecule has 0 saturated carbocycles. The molecular formula is C16H25ClN2O2S. The van der Waals surface area contributed by atoms with Crippen LogP contribution in [0.15, 0.2) is 29.2 Å². The normalized spacial score (nSPS) is 17.2. The first-order chi connectivity index (χ1) is 10.2. The lowest BCUT2D eigenvalue weighted by molar-refractivity contribution is -0.127. The van der Waals surface area contributed by atoms with Gasteiger partial charge in [0.2, 0.25) is 5.91 Å². The number of hydrogen-bond acceptors (Lipinski definition) is 4. The predicted octanol–water partition coefficient (Wildman–Crippen LogP) is 2.67. The number of nitrogens with one attached hydrogen (secondary N) is 1. The average molecular weight is 345 g/mol. The van der Waals surface area contributed by atoms with Gasteiger partial charge in [0.25, 0.3) is 0 Å². The van der Waals surface area contributed by atoms with Crippen molar-refractivity contribution in [2.45, 2.75) is 18.2 Å². The molecule has 1 saturated heterocycles. The molecule has 6 heteroatoms. The molecule has 4 nitrogen and oxygen atoms in total. The van der Waals surface area contributed by atoms with Crippen molar-refractivity contribution in [1.29, 1.82) is 0 Å². The largest absolute Gasteiger partial charge is 0.494 e. The first-order valence-corrected chi connectivity index (χ1v) is 8.49. The van der Waals surface area contributed by atoms with Crippen molar-refractivity contribution in [1.82, 2.24) is 10.2 Å². The number of amides is 1. The topological polar surface area (TPSA) is 41.6 Å². The molecule has 1 fully saturated rings. The third-order valence-electron chi connectivity index (χ3n) is 3.63. The number of benzene rings is 1. The van der Waals surface area contributed by atoms with E-state index in [1.54, 1.807) is 11.8 Å². The van der Waals surface area contributed by atoms with E-state index < -0.39 is 0 Å². The second kappa shape index (κ2) is 9.98. The second-order valence-corrected chi connectivity index (χ2v) is 6.29. The van der Waals surface area contributed by atoms with Crippen LogP contribution >= 0.6 is 24.2 Å². The van der Waals surface area contributed by atoms with Gasteiger partial charge in [-0.3, -0.25) is 4.79 Å². The number of hydrogen-bond donors (Lipinski definition) is 1. The molecule has 1 N–H and O–H groups in total.